The van der Waals surface area contributed by atoms with Crippen LogP contribution in [0, 0.1) is 5.92 Å². The molecule has 4 nitrogen and oxygen atoms in total. The third-order valence-electron chi connectivity index (χ3n) is 5.63. The molecule has 2 aromatic carbocycles. The lowest BCUT2D eigenvalue weighted by atomic mass is 9.79. The molecule has 0 amide bonds. The number of benzene rings is 2. The smallest absolute Gasteiger partial charge is 0.146 e. The van der Waals surface area contributed by atoms with Gasteiger partial charge < -0.3 is 11.1 Å². The molecular weight excluding hydrogens is 367 g/mol. The van der Waals surface area contributed by atoms with Gasteiger partial charge in [0.1, 0.15) is 11.4 Å². The number of nitrogens with two attached hydrogens (primary N) is 2. The number of fused-ring (bicyclic) bond motifs is 1. The molecule has 1 heterocycles. The third-order valence-corrected chi connectivity index (χ3v) is 5.86. The first-order valence-electron chi connectivity index (χ1n) is 9.02. The quantitative estimate of drug-likeness (QED) is 0.619. The number of nitrogens with one attached hydrogen (secondary N) is 2. The monoisotopic (exact) mass is 392 g/mol. The van der Waals surface area contributed by atoms with Crippen LogP contribution in [0.25, 0.3) is 0 Å². The van der Waals surface area contributed by atoms with E-state index >= 15 is 0 Å². The van der Waals surface area contributed by atoms with Gasteiger partial charge in [0.25, 0.3) is 0 Å². The van der Waals surface area contributed by atoms with E-state index in [1.165, 1.54) is 19.3 Å². The minimum atomic E-state index is -0.890. The number of para-hydroxylation sites is 1. The van der Waals surface area contributed by atoms with Crippen molar-refractivity contribution in [2.75, 3.05) is 5.32 Å². The number of halogens is 2. The molecule has 2 atom stereocenters. The van der Waals surface area contributed by atoms with Gasteiger partial charge in [0.15, 0.2) is 0 Å². The Kier molecular flexibility index (Phi) is 5.52. The molecule has 0 aromatic heterocycles. The van der Waals surface area contributed by atoms with Gasteiger partial charge in [-0.3, -0.25) is 11.1 Å². The van der Waals surface area contributed by atoms with Crippen molar-refractivity contribution in [1.29, 1.82) is 0 Å². The van der Waals surface area contributed by atoms with Gasteiger partial charge in [0, 0.05) is 22.2 Å². The van der Waals surface area contributed by atoms with E-state index in [-0.39, 0.29) is 12.4 Å². The summed E-state index contributed by atoms with van der Waals surface area (Å²) >= 11 is 6.24. The van der Waals surface area contributed by atoms with E-state index in [9.17, 15) is 0 Å². The molecule has 4 rings (SSSR count). The fourth-order valence-corrected chi connectivity index (χ4v) is 4.50. The van der Waals surface area contributed by atoms with Crippen LogP contribution in [-0.2, 0) is 5.66 Å². The number of hydrogen-bond acceptors (Lipinski definition) is 4. The Labute approximate surface area is 166 Å². The van der Waals surface area contributed by atoms with E-state index in [4.69, 9.17) is 23.1 Å². The van der Waals surface area contributed by atoms with E-state index in [1.807, 2.05) is 48.5 Å². The predicted octanol–water partition coefficient (Wildman–Crippen LogP) is 4.13. The van der Waals surface area contributed by atoms with Gasteiger partial charge in [0.2, 0.25) is 0 Å². The summed E-state index contributed by atoms with van der Waals surface area (Å²) in [5.74, 6) is -0.414. The maximum atomic E-state index is 6.95. The summed E-state index contributed by atoms with van der Waals surface area (Å²) in [6.07, 6.45) is 5.91. The molecule has 0 spiro atoms. The van der Waals surface area contributed by atoms with Crippen LogP contribution in [0.3, 0.4) is 0 Å². The first kappa shape index (κ1) is 19.5. The van der Waals surface area contributed by atoms with Gasteiger partial charge in [-0.25, -0.2) is 0 Å². The molecule has 0 saturated heterocycles. The summed E-state index contributed by atoms with van der Waals surface area (Å²) in [5.41, 5.74) is 15.8. The topological polar surface area (TPSA) is 76.1 Å². The second-order valence-corrected chi connectivity index (χ2v) is 7.75. The largest absolute Gasteiger partial charge is 0.355 e. The van der Waals surface area contributed by atoms with Crippen LogP contribution >= 0.6 is 24.0 Å². The average Bonchev–Trinajstić information content (AvgIpc) is 2.62. The summed E-state index contributed by atoms with van der Waals surface area (Å²) in [6.45, 7) is 0. The Balaban J connectivity index is 0.00000196. The Hall–Kier alpha value is -1.30. The van der Waals surface area contributed by atoms with E-state index in [2.05, 4.69) is 10.6 Å². The minimum absolute atomic E-state index is 0. The van der Waals surface area contributed by atoms with Gasteiger partial charge in [-0.2, -0.15) is 0 Å². The van der Waals surface area contributed by atoms with Crippen molar-refractivity contribution in [2.45, 2.75) is 43.6 Å². The molecule has 2 unspecified atom stereocenters. The van der Waals surface area contributed by atoms with Gasteiger partial charge in [-0.05, 0) is 36.6 Å². The number of anilines is 1. The molecule has 1 saturated carbocycles. The number of hydrogen-bond donors (Lipinski definition) is 4. The zero-order valence-electron chi connectivity index (χ0n) is 14.7. The second kappa shape index (κ2) is 7.37. The number of rotatable bonds is 2. The van der Waals surface area contributed by atoms with Crippen LogP contribution in [0.15, 0.2) is 48.5 Å². The minimum Gasteiger partial charge on any atom is -0.355 e. The maximum absolute atomic E-state index is 6.95. The third kappa shape index (κ3) is 3.32. The summed E-state index contributed by atoms with van der Waals surface area (Å²) in [7, 11) is 0. The van der Waals surface area contributed by atoms with Gasteiger partial charge in [0.05, 0.1) is 0 Å². The molecule has 2 aromatic rings. The predicted molar refractivity (Wildman–Crippen MR) is 110 cm³/mol. The van der Waals surface area contributed by atoms with Crippen LogP contribution in [0.5, 0.6) is 0 Å². The van der Waals surface area contributed by atoms with Crippen molar-refractivity contribution in [1.82, 2.24) is 5.32 Å². The highest BCUT2D eigenvalue weighted by atomic mass is 35.5. The van der Waals surface area contributed by atoms with E-state index < -0.39 is 11.4 Å². The molecule has 6 heteroatoms. The molecule has 6 N–H and O–H groups in total. The SMILES string of the molecule is Cl.NC1(c2cccc(Cl)c2)NC(N)(C2CCCCC2)Nc2ccccc21. The van der Waals surface area contributed by atoms with E-state index in [0.717, 1.165) is 29.7 Å². The zero-order chi connectivity index (χ0) is 17.5. The van der Waals surface area contributed by atoms with Crippen molar-refractivity contribution in [3.63, 3.8) is 0 Å². The fourth-order valence-electron chi connectivity index (χ4n) is 4.31. The zero-order valence-corrected chi connectivity index (χ0v) is 16.2. The van der Waals surface area contributed by atoms with E-state index in [1.54, 1.807) is 0 Å². The van der Waals surface area contributed by atoms with Gasteiger partial charge in [-0.15, -0.1) is 12.4 Å². The van der Waals surface area contributed by atoms with Crippen molar-refractivity contribution < 1.29 is 0 Å². The lowest BCUT2D eigenvalue weighted by Gasteiger charge is -2.51. The van der Waals surface area contributed by atoms with Crippen molar-refractivity contribution >= 4 is 29.7 Å². The van der Waals surface area contributed by atoms with Crippen molar-refractivity contribution in [3.05, 3.63) is 64.7 Å². The molecule has 1 fully saturated rings. The Morgan fingerprint density at radius 3 is 2.42 bits per heavy atom. The molecule has 140 valence electrons. The Morgan fingerprint density at radius 2 is 1.69 bits per heavy atom. The first-order valence-corrected chi connectivity index (χ1v) is 9.40. The molecule has 0 radical (unpaired) electrons. The second-order valence-electron chi connectivity index (χ2n) is 7.32. The van der Waals surface area contributed by atoms with E-state index in [0.29, 0.717) is 10.9 Å². The molecular formula is C20H26Cl2N4. The van der Waals surface area contributed by atoms with Crippen LogP contribution in [0.4, 0.5) is 5.69 Å². The summed E-state index contributed by atoms with van der Waals surface area (Å²) in [5, 5.41) is 7.76. The van der Waals surface area contributed by atoms with Crippen LogP contribution in [0.2, 0.25) is 5.02 Å². The van der Waals surface area contributed by atoms with Crippen LogP contribution in [0.1, 0.15) is 43.2 Å². The lowest BCUT2D eigenvalue weighted by molar-refractivity contribution is 0.142. The normalized spacial score (nSPS) is 28.6. The molecule has 26 heavy (non-hydrogen) atoms. The molecule has 2 aliphatic rings. The molecule has 1 aliphatic heterocycles. The van der Waals surface area contributed by atoms with Gasteiger partial charge in [-0.1, -0.05) is 61.2 Å². The van der Waals surface area contributed by atoms with Gasteiger partial charge >= 0.3 is 0 Å². The van der Waals surface area contributed by atoms with Crippen LogP contribution in [-0.4, -0.2) is 5.79 Å². The highest BCUT2D eigenvalue weighted by Gasteiger charge is 2.47. The standard InChI is InChI=1S/C20H25ClN4.ClH/c21-16-10-6-9-15(13-16)19(22)17-11-4-5-12-18(17)24-20(23,25-19)14-7-2-1-3-8-14;/h4-6,9-14,24-25H,1-3,7-8,22-23H2;1H. The summed E-state index contributed by atoms with van der Waals surface area (Å²) < 4.78 is 0. The highest BCUT2D eigenvalue weighted by molar-refractivity contribution is 6.30. The molecule has 0 bridgehead atoms. The fraction of sp³-hybridized carbons (Fsp3) is 0.400. The Morgan fingerprint density at radius 1 is 0.962 bits per heavy atom. The average molecular weight is 393 g/mol. The highest BCUT2D eigenvalue weighted by Crippen LogP contribution is 2.41. The lowest BCUT2D eigenvalue weighted by Crippen LogP contribution is -2.75. The maximum Gasteiger partial charge on any atom is 0.146 e. The summed E-state index contributed by atoms with van der Waals surface area (Å²) in [6, 6.07) is 15.8. The Bertz CT molecular complexity index is 778. The molecule has 1 aliphatic carbocycles. The van der Waals surface area contributed by atoms with Crippen molar-refractivity contribution in [3.8, 4) is 0 Å². The summed E-state index contributed by atoms with van der Waals surface area (Å²) in [4.78, 5) is 0. The van der Waals surface area contributed by atoms with Crippen LogP contribution < -0.4 is 22.1 Å². The first-order chi connectivity index (χ1) is 12.0. The van der Waals surface area contributed by atoms with Crippen molar-refractivity contribution in [2.24, 2.45) is 17.4 Å².